The molecule has 3 saturated heterocycles. The van der Waals surface area contributed by atoms with E-state index in [-0.39, 0.29) is 54.0 Å². The van der Waals surface area contributed by atoms with E-state index in [0.717, 1.165) is 49.6 Å². The van der Waals surface area contributed by atoms with Gasteiger partial charge in [0.15, 0.2) is 5.82 Å². The number of halogens is 1. The molecule has 3 aromatic carbocycles. The number of hydrogen-bond acceptors (Lipinski definition) is 14. The molecule has 0 spiro atoms. The van der Waals surface area contributed by atoms with Crippen LogP contribution in [0, 0.1) is 0 Å². The quantitative estimate of drug-likeness (QED) is 0.0965. The minimum absolute atomic E-state index is 0.0234. The summed E-state index contributed by atoms with van der Waals surface area (Å²) in [5.41, 5.74) is 3.49. The molecule has 18 nitrogen and oxygen atoms in total. The summed E-state index contributed by atoms with van der Waals surface area (Å²) >= 11 is 6.31. The standard InChI is InChI=1S/C42H46ClN11O7S/c1-50(62-60)32-9-4-3-7-29(32)46-38-28(43)23-44-42(49-38)47-30-11-10-26(22-34(30)61-2)52-16-14-25(15-17-52)53-20-18-51(19-21-53)24-36(56)45-31-8-5-6-27-37(31)41(59)54(40(27)58)33-12-13-35(55)48-39(33)57/h3-11,22-23,25,33,62H,12-21,24H2,1-2H3,(H,45,56)(H,48,55,57)(H2,44,46,47,49). The number of ether oxygens (including phenoxy) is 1. The Kier molecular flexibility index (Phi) is 12.7. The topological polar surface area (TPSA) is 202 Å². The van der Waals surface area contributed by atoms with Gasteiger partial charge < -0.3 is 25.6 Å². The van der Waals surface area contributed by atoms with E-state index in [0.29, 0.717) is 58.7 Å². The number of anilines is 7. The summed E-state index contributed by atoms with van der Waals surface area (Å²) in [6.07, 6.45) is 3.54. The van der Waals surface area contributed by atoms with E-state index in [1.165, 1.54) is 12.3 Å². The number of piperazine rings is 1. The number of amides is 5. The van der Waals surface area contributed by atoms with Crippen LogP contribution in [0.4, 0.5) is 40.2 Å². The number of thiol groups is 1. The normalized spacial score (nSPS) is 18.7. The summed E-state index contributed by atoms with van der Waals surface area (Å²) < 4.78 is 18.9. The Labute approximate surface area is 366 Å². The molecule has 4 aromatic rings. The highest BCUT2D eigenvalue weighted by atomic mass is 35.5. The zero-order valence-corrected chi connectivity index (χ0v) is 35.7. The number of rotatable bonds is 13. The van der Waals surface area contributed by atoms with Gasteiger partial charge in [0.25, 0.3) is 11.8 Å². The van der Waals surface area contributed by atoms with Crippen LogP contribution in [0.3, 0.4) is 0 Å². The number of aromatic nitrogens is 2. The Morgan fingerprint density at radius 3 is 2.42 bits per heavy atom. The van der Waals surface area contributed by atoms with Crippen molar-refractivity contribution in [3.8, 4) is 5.75 Å². The first kappa shape index (κ1) is 42.5. The largest absolute Gasteiger partial charge is 0.494 e. The molecule has 5 heterocycles. The van der Waals surface area contributed by atoms with Crippen molar-refractivity contribution < 1.29 is 32.9 Å². The van der Waals surface area contributed by atoms with Gasteiger partial charge >= 0.3 is 0 Å². The second-order valence-corrected chi connectivity index (χ2v) is 16.6. The fourth-order valence-corrected chi connectivity index (χ4v) is 8.84. The van der Waals surface area contributed by atoms with Crippen molar-refractivity contribution in [3.05, 3.63) is 83.0 Å². The minimum atomic E-state index is -1.09. The first-order valence-electron chi connectivity index (χ1n) is 20.3. The van der Waals surface area contributed by atoms with E-state index in [9.17, 15) is 28.2 Å². The third-order valence-corrected chi connectivity index (χ3v) is 12.4. The highest BCUT2D eigenvalue weighted by Gasteiger charge is 2.46. The maximum atomic E-state index is 13.5. The summed E-state index contributed by atoms with van der Waals surface area (Å²) in [5.74, 6) is -1.40. The van der Waals surface area contributed by atoms with Gasteiger partial charge in [-0.1, -0.05) is 29.8 Å². The number of fused-ring (bicyclic) bond motifs is 1. The molecule has 0 aliphatic carbocycles. The van der Waals surface area contributed by atoms with Gasteiger partial charge in [-0.25, -0.2) is 9.19 Å². The number of carbonyl (C=O) groups excluding carboxylic acids is 5. The zero-order valence-electron chi connectivity index (χ0n) is 34.1. The van der Waals surface area contributed by atoms with E-state index >= 15 is 0 Å². The number of nitrogens with zero attached hydrogens (tertiary/aromatic N) is 7. The summed E-state index contributed by atoms with van der Waals surface area (Å²) in [4.78, 5) is 80.8. The Morgan fingerprint density at radius 2 is 1.68 bits per heavy atom. The lowest BCUT2D eigenvalue weighted by Crippen LogP contribution is -2.54. The number of benzene rings is 3. The summed E-state index contributed by atoms with van der Waals surface area (Å²) in [5, 5.41) is 11.8. The lowest BCUT2D eigenvalue weighted by atomic mass is 10.0. The molecule has 1 atom stereocenters. The van der Waals surface area contributed by atoms with Crippen LogP contribution >= 0.6 is 11.6 Å². The predicted octanol–water partition coefficient (Wildman–Crippen LogP) is 3.55. The van der Waals surface area contributed by atoms with Crippen LogP contribution in [0.2, 0.25) is 5.02 Å². The first-order chi connectivity index (χ1) is 30.0. The highest BCUT2D eigenvalue weighted by Crippen LogP contribution is 2.36. The summed E-state index contributed by atoms with van der Waals surface area (Å²) in [7, 11) is 3.32. The van der Waals surface area contributed by atoms with Crippen LogP contribution in [0.1, 0.15) is 46.4 Å². The monoisotopic (exact) mass is 883 g/mol. The second-order valence-electron chi connectivity index (χ2n) is 15.4. The number of hydrogen-bond donors (Lipinski definition) is 5. The number of carbonyl (C=O) groups is 5. The first-order valence-corrected chi connectivity index (χ1v) is 21.4. The number of piperidine rings is 2. The van der Waals surface area contributed by atoms with Crippen molar-refractivity contribution in [2.75, 3.05) is 85.1 Å². The Hall–Kier alpha value is -6.15. The maximum Gasteiger partial charge on any atom is 0.264 e. The fraction of sp³-hybridized carbons (Fsp3) is 0.357. The molecule has 20 heteroatoms. The van der Waals surface area contributed by atoms with Crippen LogP contribution in [-0.4, -0.2) is 130 Å². The van der Waals surface area contributed by atoms with E-state index in [2.05, 4.69) is 45.9 Å². The van der Waals surface area contributed by atoms with Gasteiger partial charge in [0.05, 0.1) is 53.7 Å². The van der Waals surface area contributed by atoms with Gasteiger partial charge in [0.1, 0.15) is 28.7 Å². The van der Waals surface area contributed by atoms with E-state index in [4.69, 9.17) is 16.3 Å². The molecule has 0 radical (unpaired) electrons. The molecule has 0 bridgehead atoms. The van der Waals surface area contributed by atoms with E-state index in [1.54, 1.807) is 30.6 Å². The second kappa shape index (κ2) is 18.4. The minimum Gasteiger partial charge on any atom is -0.494 e. The average molecular weight is 884 g/mol. The van der Waals surface area contributed by atoms with Crippen LogP contribution in [0.25, 0.3) is 0 Å². The number of nitrogens with one attached hydrogen (secondary N) is 4. The SMILES string of the molecule is COc1cc(N2CCC(N3CCN(CC(=O)Nc4cccc5c4C(=O)N(C4CCC(=O)NC4=O)C5=O)CC3)CC2)ccc1Nc1ncc(Cl)c(Nc2ccccc2N(C)[SH]=O)n1. The fourth-order valence-electron chi connectivity index (χ4n) is 8.44. The smallest absolute Gasteiger partial charge is 0.264 e. The van der Waals surface area contributed by atoms with Gasteiger partial charge in [0, 0.05) is 70.5 Å². The zero-order chi connectivity index (χ0) is 43.5. The molecule has 1 aromatic heterocycles. The lowest BCUT2D eigenvalue weighted by Gasteiger charge is -2.43. The number of methoxy groups -OCH3 is 1. The van der Waals surface area contributed by atoms with E-state index < -0.39 is 29.7 Å². The van der Waals surface area contributed by atoms with Gasteiger partial charge in [-0.3, -0.25) is 48.3 Å². The molecular weight excluding hydrogens is 838 g/mol. The summed E-state index contributed by atoms with van der Waals surface area (Å²) in [6.45, 7) is 4.89. The molecule has 0 saturated carbocycles. The third-order valence-electron chi connectivity index (χ3n) is 11.7. The summed E-state index contributed by atoms with van der Waals surface area (Å²) in [6, 6.07) is 17.4. The molecule has 4 N–H and O–H groups in total. The Morgan fingerprint density at radius 1 is 0.919 bits per heavy atom. The van der Waals surface area contributed by atoms with Crippen molar-refractivity contribution in [1.29, 1.82) is 0 Å². The molecule has 324 valence electrons. The molecule has 62 heavy (non-hydrogen) atoms. The van der Waals surface area contributed by atoms with Gasteiger partial charge in [-0.2, -0.15) is 4.98 Å². The molecule has 5 amide bonds. The molecular formula is C42H46ClN11O7S. The average Bonchev–Trinajstić information content (AvgIpc) is 3.54. The molecule has 4 aliphatic heterocycles. The van der Waals surface area contributed by atoms with Crippen LogP contribution < -0.4 is 35.2 Å². The van der Waals surface area contributed by atoms with Crippen molar-refractivity contribution in [3.63, 3.8) is 0 Å². The molecule has 1 unspecified atom stereocenters. The van der Waals surface area contributed by atoms with Crippen LogP contribution in [0.15, 0.2) is 66.9 Å². The van der Waals surface area contributed by atoms with Gasteiger partial charge in [-0.05, 0) is 55.7 Å². The van der Waals surface area contributed by atoms with Crippen LogP contribution in [-0.2, 0) is 26.2 Å². The Bertz CT molecular complexity index is 2430. The lowest BCUT2D eigenvalue weighted by molar-refractivity contribution is -0.136. The molecule has 4 aliphatic rings. The maximum absolute atomic E-state index is 13.5. The van der Waals surface area contributed by atoms with E-state index in [1.807, 2.05) is 42.5 Å². The molecule has 8 rings (SSSR count). The Balaban J connectivity index is 0.817. The van der Waals surface area contributed by atoms with Crippen molar-refractivity contribution >= 4 is 93.2 Å². The van der Waals surface area contributed by atoms with Crippen molar-refractivity contribution in [2.24, 2.45) is 0 Å². The number of imide groups is 2. The third kappa shape index (κ3) is 8.92. The van der Waals surface area contributed by atoms with Gasteiger partial charge in [0.2, 0.25) is 23.7 Å². The molecule has 3 fully saturated rings. The van der Waals surface area contributed by atoms with Gasteiger partial charge in [-0.15, -0.1) is 0 Å². The van der Waals surface area contributed by atoms with Crippen LogP contribution in [0.5, 0.6) is 5.75 Å². The highest BCUT2D eigenvalue weighted by molar-refractivity contribution is 7.67. The number of para-hydroxylation sites is 2. The predicted molar refractivity (Wildman–Crippen MR) is 236 cm³/mol. The van der Waals surface area contributed by atoms with Crippen molar-refractivity contribution in [2.45, 2.75) is 37.8 Å². The van der Waals surface area contributed by atoms with Crippen molar-refractivity contribution in [1.82, 2.24) is 30.0 Å².